The maximum absolute atomic E-state index is 14.1. The minimum absolute atomic E-state index is 0.115. The van der Waals surface area contributed by atoms with Crippen LogP contribution in [0, 0.1) is 0 Å². The number of hydrogen-bond donors (Lipinski definition) is 1. The summed E-state index contributed by atoms with van der Waals surface area (Å²) in [4.78, 5) is 20.9. The molecule has 0 spiro atoms. The van der Waals surface area contributed by atoms with Crippen molar-refractivity contribution in [2.75, 3.05) is 5.32 Å². The SMILES string of the molecule is C=C(CC)n1cc2c(N[C@H](C)c3cccc4c3CCC4(F)F)ncnc2cc1=O. The monoisotopic (exact) mass is 396 g/mol. The van der Waals surface area contributed by atoms with Gasteiger partial charge in [0.1, 0.15) is 12.1 Å². The summed E-state index contributed by atoms with van der Waals surface area (Å²) < 4.78 is 29.7. The van der Waals surface area contributed by atoms with Crippen LogP contribution >= 0.6 is 0 Å². The lowest BCUT2D eigenvalue weighted by molar-refractivity contribution is -0.00184. The molecule has 0 saturated heterocycles. The lowest BCUT2D eigenvalue weighted by Crippen LogP contribution is -2.18. The van der Waals surface area contributed by atoms with Gasteiger partial charge in [0.2, 0.25) is 0 Å². The predicted octanol–water partition coefficient (Wildman–Crippen LogP) is 4.88. The number of rotatable bonds is 5. The number of benzene rings is 1. The summed E-state index contributed by atoms with van der Waals surface area (Å²) in [5.41, 5.74) is 2.63. The molecule has 150 valence electrons. The molecule has 0 fully saturated rings. The Bertz CT molecular complexity index is 1170. The third kappa shape index (κ3) is 3.30. The number of pyridine rings is 1. The number of hydrogen-bond acceptors (Lipinski definition) is 4. The van der Waals surface area contributed by atoms with Crippen molar-refractivity contribution in [1.29, 1.82) is 0 Å². The lowest BCUT2D eigenvalue weighted by atomic mass is 9.97. The Hall–Kier alpha value is -3.09. The zero-order valence-corrected chi connectivity index (χ0v) is 16.4. The molecule has 7 heteroatoms. The van der Waals surface area contributed by atoms with E-state index in [1.807, 2.05) is 19.9 Å². The second-order valence-electron chi connectivity index (χ2n) is 7.37. The Labute approximate surface area is 167 Å². The molecule has 1 aliphatic rings. The summed E-state index contributed by atoms with van der Waals surface area (Å²) in [5.74, 6) is -2.23. The number of allylic oxidation sites excluding steroid dienone is 1. The van der Waals surface area contributed by atoms with Gasteiger partial charge in [-0.1, -0.05) is 31.7 Å². The molecule has 1 aromatic carbocycles. The van der Waals surface area contributed by atoms with Gasteiger partial charge < -0.3 is 5.32 Å². The Morgan fingerprint density at radius 2 is 2.17 bits per heavy atom. The molecule has 2 aromatic heterocycles. The summed E-state index contributed by atoms with van der Waals surface area (Å²) in [6.45, 7) is 7.77. The first-order valence-electron chi connectivity index (χ1n) is 9.64. The van der Waals surface area contributed by atoms with Crippen molar-refractivity contribution in [3.63, 3.8) is 0 Å². The molecule has 5 nitrogen and oxygen atoms in total. The van der Waals surface area contributed by atoms with Gasteiger partial charge in [0.15, 0.2) is 0 Å². The summed E-state index contributed by atoms with van der Waals surface area (Å²) in [6, 6.07) is 6.26. The fourth-order valence-corrected chi connectivity index (χ4v) is 3.89. The van der Waals surface area contributed by atoms with Gasteiger partial charge in [-0.15, -0.1) is 0 Å². The second-order valence-corrected chi connectivity index (χ2v) is 7.37. The van der Waals surface area contributed by atoms with Crippen LogP contribution in [0.1, 0.15) is 49.4 Å². The van der Waals surface area contributed by atoms with Gasteiger partial charge in [0.25, 0.3) is 11.5 Å². The van der Waals surface area contributed by atoms with Crippen molar-refractivity contribution in [3.8, 4) is 0 Å². The van der Waals surface area contributed by atoms with Crippen LogP contribution in [0.2, 0.25) is 0 Å². The third-order valence-electron chi connectivity index (χ3n) is 5.53. The average Bonchev–Trinajstić information content (AvgIpc) is 3.02. The van der Waals surface area contributed by atoms with Crippen molar-refractivity contribution >= 4 is 22.4 Å². The number of alkyl halides is 2. The van der Waals surface area contributed by atoms with Crippen LogP contribution in [0.3, 0.4) is 0 Å². The topological polar surface area (TPSA) is 59.8 Å². The smallest absolute Gasteiger partial charge is 0.273 e. The number of halogens is 2. The maximum atomic E-state index is 14.1. The van der Waals surface area contributed by atoms with E-state index in [1.54, 1.807) is 12.3 Å². The molecule has 0 unspecified atom stereocenters. The molecule has 0 amide bonds. The van der Waals surface area contributed by atoms with Gasteiger partial charge in [-0.2, -0.15) is 0 Å². The van der Waals surface area contributed by atoms with Crippen molar-refractivity contribution in [3.05, 3.63) is 70.4 Å². The number of aromatic nitrogens is 3. The Morgan fingerprint density at radius 3 is 2.93 bits per heavy atom. The molecule has 0 radical (unpaired) electrons. The zero-order chi connectivity index (χ0) is 20.8. The van der Waals surface area contributed by atoms with Gasteiger partial charge in [-0.05, 0) is 30.9 Å². The highest BCUT2D eigenvalue weighted by Crippen LogP contribution is 2.44. The molecule has 0 aliphatic heterocycles. The van der Waals surface area contributed by atoms with Crippen LogP contribution in [0.25, 0.3) is 16.6 Å². The number of nitrogens with zero attached hydrogens (tertiary/aromatic N) is 3. The van der Waals surface area contributed by atoms with E-state index < -0.39 is 5.92 Å². The van der Waals surface area contributed by atoms with Gasteiger partial charge >= 0.3 is 0 Å². The van der Waals surface area contributed by atoms with Gasteiger partial charge in [-0.3, -0.25) is 9.36 Å². The maximum Gasteiger partial charge on any atom is 0.273 e. The van der Waals surface area contributed by atoms with E-state index >= 15 is 0 Å². The summed E-state index contributed by atoms with van der Waals surface area (Å²) >= 11 is 0. The van der Waals surface area contributed by atoms with E-state index in [4.69, 9.17) is 0 Å². The van der Waals surface area contributed by atoms with E-state index in [0.717, 1.165) is 5.56 Å². The normalized spacial score (nSPS) is 15.9. The van der Waals surface area contributed by atoms with Gasteiger partial charge in [-0.25, -0.2) is 18.7 Å². The van der Waals surface area contributed by atoms with Crippen molar-refractivity contribution in [2.45, 2.75) is 45.1 Å². The summed E-state index contributed by atoms with van der Waals surface area (Å²) in [6.07, 6.45) is 3.89. The van der Waals surface area contributed by atoms with Crippen LogP contribution in [0.4, 0.5) is 14.6 Å². The molecular formula is C22H22F2N4O. The molecule has 1 atom stereocenters. The van der Waals surface area contributed by atoms with Crippen LogP contribution < -0.4 is 10.9 Å². The first-order chi connectivity index (χ1) is 13.8. The molecular weight excluding hydrogens is 374 g/mol. The van der Waals surface area contributed by atoms with E-state index in [9.17, 15) is 13.6 Å². The third-order valence-corrected chi connectivity index (χ3v) is 5.53. The second kappa shape index (κ2) is 7.06. The van der Waals surface area contributed by atoms with Crippen LogP contribution in [-0.2, 0) is 12.3 Å². The predicted molar refractivity (Wildman–Crippen MR) is 110 cm³/mol. The fraction of sp³-hybridized carbons (Fsp3) is 0.318. The molecule has 1 N–H and O–H groups in total. The van der Waals surface area contributed by atoms with E-state index in [-0.39, 0.29) is 23.6 Å². The number of fused-ring (bicyclic) bond motifs is 2. The molecule has 29 heavy (non-hydrogen) atoms. The lowest BCUT2D eigenvalue weighted by Gasteiger charge is -2.20. The minimum atomic E-state index is -2.77. The van der Waals surface area contributed by atoms with Crippen molar-refractivity contribution in [1.82, 2.24) is 14.5 Å². The standard InChI is InChI=1S/C22H22F2N4O/c1-4-13(2)28-11-17-19(10-20(28)29)25-12-26-21(17)27-14(3)15-6-5-7-18-16(15)8-9-22(18,23)24/h5-7,10-12,14H,2,4,8-9H2,1,3H3,(H,25,26,27)/t14-/m1/s1. The van der Waals surface area contributed by atoms with E-state index in [2.05, 4.69) is 21.9 Å². The quantitative estimate of drug-likeness (QED) is 0.668. The summed E-state index contributed by atoms with van der Waals surface area (Å²) in [7, 11) is 0. The number of anilines is 1. The van der Waals surface area contributed by atoms with E-state index in [1.165, 1.54) is 23.0 Å². The molecule has 1 aliphatic carbocycles. The highest BCUT2D eigenvalue weighted by molar-refractivity contribution is 5.88. The molecule has 0 bridgehead atoms. The zero-order valence-electron chi connectivity index (χ0n) is 16.4. The largest absolute Gasteiger partial charge is 0.363 e. The van der Waals surface area contributed by atoms with Crippen LogP contribution in [0.5, 0.6) is 0 Å². The Kier molecular flexibility index (Phi) is 4.68. The Morgan fingerprint density at radius 1 is 1.38 bits per heavy atom. The fourth-order valence-electron chi connectivity index (χ4n) is 3.89. The molecule has 0 saturated carbocycles. The van der Waals surface area contributed by atoms with Gasteiger partial charge in [0.05, 0.1) is 16.9 Å². The molecule has 2 heterocycles. The highest BCUT2D eigenvalue weighted by atomic mass is 19.3. The highest BCUT2D eigenvalue weighted by Gasteiger charge is 2.40. The van der Waals surface area contributed by atoms with Gasteiger partial charge in [0, 0.05) is 29.9 Å². The Balaban J connectivity index is 1.75. The molecule has 4 rings (SSSR count). The van der Waals surface area contributed by atoms with E-state index in [0.29, 0.717) is 40.8 Å². The first-order valence-corrected chi connectivity index (χ1v) is 9.64. The molecule has 3 aromatic rings. The van der Waals surface area contributed by atoms with Crippen LogP contribution in [0.15, 0.2) is 48.2 Å². The first kappa shape index (κ1) is 19.2. The van der Waals surface area contributed by atoms with Crippen molar-refractivity contribution in [2.24, 2.45) is 0 Å². The number of nitrogens with one attached hydrogen (secondary N) is 1. The minimum Gasteiger partial charge on any atom is -0.363 e. The average molecular weight is 396 g/mol. The summed E-state index contributed by atoms with van der Waals surface area (Å²) in [5, 5.41) is 3.99. The van der Waals surface area contributed by atoms with Crippen molar-refractivity contribution < 1.29 is 8.78 Å². The van der Waals surface area contributed by atoms with Crippen LogP contribution in [-0.4, -0.2) is 14.5 Å².